The van der Waals surface area contributed by atoms with Crippen LogP contribution in [0.25, 0.3) is 0 Å². The third-order valence-electron chi connectivity index (χ3n) is 3.11. The SMILES string of the molecule is CCOC(=O)c1ccc(NC2CCOC(C)C2)nc1. The van der Waals surface area contributed by atoms with Gasteiger partial charge in [0, 0.05) is 18.8 Å². The van der Waals surface area contributed by atoms with Crippen molar-refractivity contribution in [2.24, 2.45) is 0 Å². The molecule has 2 atom stereocenters. The summed E-state index contributed by atoms with van der Waals surface area (Å²) in [6.45, 7) is 5.01. The van der Waals surface area contributed by atoms with Crippen LogP contribution in [0.4, 0.5) is 5.82 Å². The van der Waals surface area contributed by atoms with Gasteiger partial charge in [-0.3, -0.25) is 0 Å². The number of nitrogens with zero attached hydrogens (tertiary/aromatic N) is 1. The summed E-state index contributed by atoms with van der Waals surface area (Å²) in [6, 6.07) is 3.92. The number of aromatic nitrogens is 1. The topological polar surface area (TPSA) is 60.5 Å². The number of hydrogen-bond acceptors (Lipinski definition) is 5. The number of hydrogen-bond donors (Lipinski definition) is 1. The maximum absolute atomic E-state index is 11.5. The van der Waals surface area contributed by atoms with Crippen molar-refractivity contribution in [1.82, 2.24) is 4.98 Å². The molecule has 19 heavy (non-hydrogen) atoms. The first-order chi connectivity index (χ1) is 9.19. The van der Waals surface area contributed by atoms with Crippen molar-refractivity contribution in [3.63, 3.8) is 0 Å². The molecule has 1 aliphatic heterocycles. The Kier molecular flexibility index (Phi) is 4.74. The summed E-state index contributed by atoms with van der Waals surface area (Å²) in [5.74, 6) is 0.452. The van der Waals surface area contributed by atoms with Gasteiger partial charge in [-0.05, 0) is 38.8 Å². The van der Waals surface area contributed by atoms with Crippen LogP contribution >= 0.6 is 0 Å². The Morgan fingerprint density at radius 3 is 3.05 bits per heavy atom. The number of carbonyl (C=O) groups excluding carboxylic acids is 1. The van der Waals surface area contributed by atoms with E-state index in [2.05, 4.69) is 17.2 Å². The van der Waals surface area contributed by atoms with E-state index in [-0.39, 0.29) is 12.1 Å². The van der Waals surface area contributed by atoms with Crippen molar-refractivity contribution >= 4 is 11.8 Å². The number of carbonyl (C=O) groups is 1. The molecule has 1 fully saturated rings. The third kappa shape index (κ3) is 3.92. The van der Waals surface area contributed by atoms with Crippen molar-refractivity contribution in [3.8, 4) is 0 Å². The van der Waals surface area contributed by atoms with E-state index in [4.69, 9.17) is 9.47 Å². The zero-order valence-corrected chi connectivity index (χ0v) is 11.4. The Bertz CT molecular complexity index is 419. The molecule has 2 rings (SSSR count). The second-order valence-electron chi connectivity index (χ2n) is 4.70. The molecule has 1 aliphatic rings. The minimum Gasteiger partial charge on any atom is -0.462 e. The molecule has 2 unspecified atom stereocenters. The normalized spacial score (nSPS) is 22.8. The molecule has 0 aromatic carbocycles. The average Bonchev–Trinajstić information content (AvgIpc) is 2.40. The van der Waals surface area contributed by atoms with Crippen LogP contribution in [0.2, 0.25) is 0 Å². The molecule has 1 aromatic heterocycles. The summed E-state index contributed by atoms with van der Waals surface area (Å²) >= 11 is 0. The van der Waals surface area contributed by atoms with Crippen LogP contribution in [-0.4, -0.2) is 36.3 Å². The van der Waals surface area contributed by atoms with Gasteiger partial charge in [-0.25, -0.2) is 9.78 Å². The molecule has 1 N–H and O–H groups in total. The van der Waals surface area contributed by atoms with E-state index in [0.29, 0.717) is 18.2 Å². The third-order valence-corrected chi connectivity index (χ3v) is 3.11. The van der Waals surface area contributed by atoms with E-state index in [1.807, 2.05) is 6.07 Å². The first-order valence-electron chi connectivity index (χ1n) is 6.70. The molecular weight excluding hydrogens is 244 g/mol. The highest BCUT2D eigenvalue weighted by molar-refractivity contribution is 5.89. The number of esters is 1. The predicted octanol–water partition coefficient (Wildman–Crippen LogP) is 2.24. The van der Waals surface area contributed by atoms with Gasteiger partial charge in [0.1, 0.15) is 5.82 Å². The van der Waals surface area contributed by atoms with Gasteiger partial charge in [0.25, 0.3) is 0 Å². The summed E-state index contributed by atoms with van der Waals surface area (Å²) in [5, 5.41) is 3.37. The molecule has 1 saturated heterocycles. The van der Waals surface area contributed by atoms with Crippen LogP contribution in [0, 0.1) is 0 Å². The van der Waals surface area contributed by atoms with Crippen LogP contribution in [0.3, 0.4) is 0 Å². The summed E-state index contributed by atoms with van der Waals surface area (Å²) in [6.07, 6.45) is 3.78. The Labute approximate surface area is 113 Å². The van der Waals surface area contributed by atoms with Crippen molar-refractivity contribution in [2.45, 2.75) is 38.8 Å². The molecule has 0 amide bonds. The monoisotopic (exact) mass is 264 g/mol. The summed E-state index contributed by atoms with van der Waals surface area (Å²) < 4.78 is 10.4. The fraction of sp³-hybridized carbons (Fsp3) is 0.571. The highest BCUT2D eigenvalue weighted by Gasteiger charge is 2.19. The lowest BCUT2D eigenvalue weighted by Crippen LogP contribution is -2.32. The van der Waals surface area contributed by atoms with Crippen LogP contribution in [0.5, 0.6) is 0 Å². The van der Waals surface area contributed by atoms with Gasteiger partial charge < -0.3 is 14.8 Å². The molecule has 0 radical (unpaired) electrons. The number of ether oxygens (including phenoxy) is 2. The molecule has 104 valence electrons. The molecule has 0 aliphatic carbocycles. The van der Waals surface area contributed by atoms with Gasteiger partial charge in [0.2, 0.25) is 0 Å². The molecule has 2 heterocycles. The van der Waals surface area contributed by atoms with E-state index in [1.54, 1.807) is 19.2 Å². The van der Waals surface area contributed by atoms with Gasteiger partial charge in [0.05, 0.1) is 18.3 Å². The van der Waals surface area contributed by atoms with E-state index in [1.165, 1.54) is 0 Å². The first-order valence-corrected chi connectivity index (χ1v) is 6.70. The Balaban J connectivity index is 1.93. The quantitative estimate of drug-likeness (QED) is 0.845. The smallest absolute Gasteiger partial charge is 0.339 e. The number of nitrogens with one attached hydrogen (secondary N) is 1. The van der Waals surface area contributed by atoms with Crippen molar-refractivity contribution < 1.29 is 14.3 Å². The van der Waals surface area contributed by atoms with Gasteiger partial charge in [-0.1, -0.05) is 0 Å². The van der Waals surface area contributed by atoms with Crippen molar-refractivity contribution in [1.29, 1.82) is 0 Å². The van der Waals surface area contributed by atoms with E-state index in [9.17, 15) is 4.79 Å². The van der Waals surface area contributed by atoms with Crippen LogP contribution < -0.4 is 5.32 Å². The highest BCUT2D eigenvalue weighted by atomic mass is 16.5. The molecule has 0 spiro atoms. The first kappa shape index (κ1) is 13.8. The lowest BCUT2D eigenvalue weighted by atomic mass is 10.0. The molecule has 5 nitrogen and oxygen atoms in total. The predicted molar refractivity (Wildman–Crippen MR) is 72.3 cm³/mol. The van der Waals surface area contributed by atoms with Crippen LogP contribution in [0.1, 0.15) is 37.0 Å². The average molecular weight is 264 g/mol. The van der Waals surface area contributed by atoms with Crippen molar-refractivity contribution in [3.05, 3.63) is 23.9 Å². The second-order valence-corrected chi connectivity index (χ2v) is 4.70. The molecule has 0 bridgehead atoms. The number of anilines is 1. The Morgan fingerprint density at radius 2 is 2.42 bits per heavy atom. The highest BCUT2D eigenvalue weighted by Crippen LogP contribution is 2.17. The minimum absolute atomic E-state index is 0.282. The van der Waals surface area contributed by atoms with Crippen LogP contribution in [0.15, 0.2) is 18.3 Å². The van der Waals surface area contributed by atoms with Crippen molar-refractivity contribution in [2.75, 3.05) is 18.5 Å². The van der Waals surface area contributed by atoms with Gasteiger partial charge in [-0.15, -0.1) is 0 Å². The minimum atomic E-state index is -0.332. The maximum Gasteiger partial charge on any atom is 0.339 e. The Hall–Kier alpha value is -1.62. The van der Waals surface area contributed by atoms with Crippen LogP contribution in [-0.2, 0) is 9.47 Å². The van der Waals surface area contributed by atoms with Gasteiger partial charge in [-0.2, -0.15) is 0 Å². The lowest BCUT2D eigenvalue weighted by molar-refractivity contribution is 0.0232. The van der Waals surface area contributed by atoms with E-state index >= 15 is 0 Å². The number of pyridine rings is 1. The zero-order valence-electron chi connectivity index (χ0n) is 11.4. The molecule has 5 heteroatoms. The lowest BCUT2D eigenvalue weighted by Gasteiger charge is -2.28. The standard InChI is InChI=1S/C14H20N2O3/c1-3-18-14(17)11-4-5-13(15-9-11)16-12-6-7-19-10(2)8-12/h4-5,9-10,12H,3,6-8H2,1-2H3,(H,15,16). The fourth-order valence-electron chi connectivity index (χ4n) is 2.15. The van der Waals surface area contributed by atoms with E-state index < -0.39 is 0 Å². The largest absolute Gasteiger partial charge is 0.462 e. The summed E-state index contributed by atoms with van der Waals surface area (Å²) in [7, 11) is 0. The fourth-order valence-corrected chi connectivity index (χ4v) is 2.15. The number of rotatable bonds is 4. The Morgan fingerprint density at radius 1 is 1.58 bits per heavy atom. The second kappa shape index (κ2) is 6.52. The molecular formula is C14H20N2O3. The van der Waals surface area contributed by atoms with Gasteiger partial charge in [0.15, 0.2) is 0 Å². The molecule has 1 aromatic rings. The summed E-state index contributed by atoms with van der Waals surface area (Å²) in [5.41, 5.74) is 0.479. The maximum atomic E-state index is 11.5. The molecule has 0 saturated carbocycles. The van der Waals surface area contributed by atoms with Gasteiger partial charge >= 0.3 is 5.97 Å². The van der Waals surface area contributed by atoms with E-state index in [0.717, 1.165) is 25.3 Å². The zero-order chi connectivity index (χ0) is 13.7. The summed E-state index contributed by atoms with van der Waals surface area (Å²) in [4.78, 5) is 15.7.